The van der Waals surface area contributed by atoms with Gasteiger partial charge in [0.25, 0.3) is 0 Å². The largest absolute Gasteiger partial charge is 0.497 e. The summed E-state index contributed by atoms with van der Waals surface area (Å²) in [5.41, 5.74) is 6.51. The molecule has 0 bridgehead atoms. The Bertz CT molecular complexity index is 301. The molecule has 0 spiro atoms. The second-order valence-electron chi connectivity index (χ2n) is 2.76. The molecule has 2 N–H and O–H groups in total. The minimum Gasteiger partial charge on any atom is -0.497 e. The third-order valence-corrected chi connectivity index (χ3v) is 2.00. The van der Waals surface area contributed by atoms with Gasteiger partial charge in [-0.3, -0.25) is 0 Å². The summed E-state index contributed by atoms with van der Waals surface area (Å²) >= 11 is 0. The summed E-state index contributed by atoms with van der Waals surface area (Å²) in [6.45, 7) is 0. The average Bonchev–Trinajstić information content (AvgIpc) is 2.27. The Labute approximate surface area is 83.6 Å². The number of nitrogens with two attached hydrogens (primary N) is 1. The SMILES string of the molecule is COc1ccc(OC)c(C(N)OC)c1. The Morgan fingerprint density at radius 1 is 1.14 bits per heavy atom. The van der Waals surface area contributed by atoms with Crippen molar-refractivity contribution in [2.45, 2.75) is 6.23 Å². The fourth-order valence-electron chi connectivity index (χ4n) is 1.19. The zero-order chi connectivity index (χ0) is 10.6. The van der Waals surface area contributed by atoms with E-state index in [0.29, 0.717) is 5.75 Å². The molecule has 0 heterocycles. The summed E-state index contributed by atoms with van der Waals surface area (Å²) in [5, 5.41) is 0. The van der Waals surface area contributed by atoms with Crippen molar-refractivity contribution in [1.29, 1.82) is 0 Å². The Morgan fingerprint density at radius 2 is 1.86 bits per heavy atom. The number of hydrogen-bond donors (Lipinski definition) is 1. The molecule has 4 heteroatoms. The first-order valence-corrected chi connectivity index (χ1v) is 4.23. The lowest BCUT2D eigenvalue weighted by molar-refractivity contribution is 0.106. The molecule has 1 atom stereocenters. The normalized spacial score (nSPS) is 12.3. The van der Waals surface area contributed by atoms with Gasteiger partial charge in [-0.1, -0.05) is 0 Å². The molecule has 0 aliphatic heterocycles. The maximum Gasteiger partial charge on any atom is 0.135 e. The lowest BCUT2D eigenvalue weighted by Crippen LogP contribution is -2.13. The molecule has 0 aromatic heterocycles. The zero-order valence-electron chi connectivity index (χ0n) is 8.61. The molecular weight excluding hydrogens is 182 g/mol. The lowest BCUT2D eigenvalue weighted by atomic mass is 10.1. The van der Waals surface area contributed by atoms with Crippen LogP contribution in [0.3, 0.4) is 0 Å². The van der Waals surface area contributed by atoms with Crippen LogP contribution in [0.2, 0.25) is 0 Å². The van der Waals surface area contributed by atoms with Crippen LogP contribution in [0.15, 0.2) is 18.2 Å². The Hall–Kier alpha value is -1.26. The van der Waals surface area contributed by atoms with Gasteiger partial charge in [0.15, 0.2) is 0 Å². The van der Waals surface area contributed by atoms with Crippen molar-refractivity contribution >= 4 is 0 Å². The molecule has 0 saturated heterocycles. The minimum absolute atomic E-state index is 0.500. The number of methoxy groups -OCH3 is 3. The van der Waals surface area contributed by atoms with E-state index in [-0.39, 0.29) is 0 Å². The van der Waals surface area contributed by atoms with Crippen molar-refractivity contribution < 1.29 is 14.2 Å². The fraction of sp³-hybridized carbons (Fsp3) is 0.400. The molecule has 0 saturated carbocycles. The van der Waals surface area contributed by atoms with Crippen molar-refractivity contribution in [3.05, 3.63) is 23.8 Å². The van der Waals surface area contributed by atoms with Gasteiger partial charge in [-0.25, -0.2) is 0 Å². The second kappa shape index (κ2) is 4.83. The van der Waals surface area contributed by atoms with Gasteiger partial charge < -0.3 is 19.9 Å². The maximum absolute atomic E-state index is 5.74. The van der Waals surface area contributed by atoms with Gasteiger partial charge in [0.1, 0.15) is 17.7 Å². The molecule has 78 valence electrons. The van der Waals surface area contributed by atoms with Crippen LogP contribution in [-0.4, -0.2) is 21.3 Å². The van der Waals surface area contributed by atoms with E-state index in [1.165, 1.54) is 0 Å². The van der Waals surface area contributed by atoms with E-state index in [1.54, 1.807) is 33.5 Å². The van der Waals surface area contributed by atoms with Gasteiger partial charge in [-0.15, -0.1) is 0 Å². The predicted molar refractivity (Wildman–Crippen MR) is 53.5 cm³/mol. The van der Waals surface area contributed by atoms with E-state index in [4.69, 9.17) is 19.9 Å². The molecule has 1 aromatic rings. The van der Waals surface area contributed by atoms with Crippen LogP contribution in [0.25, 0.3) is 0 Å². The van der Waals surface area contributed by atoms with E-state index in [0.717, 1.165) is 11.3 Å². The van der Waals surface area contributed by atoms with E-state index < -0.39 is 6.23 Å². The van der Waals surface area contributed by atoms with Gasteiger partial charge in [0, 0.05) is 12.7 Å². The van der Waals surface area contributed by atoms with E-state index in [9.17, 15) is 0 Å². The van der Waals surface area contributed by atoms with E-state index in [1.807, 2.05) is 6.07 Å². The summed E-state index contributed by atoms with van der Waals surface area (Å²) in [6.07, 6.45) is -0.500. The molecule has 14 heavy (non-hydrogen) atoms. The van der Waals surface area contributed by atoms with Gasteiger partial charge in [-0.2, -0.15) is 0 Å². The Morgan fingerprint density at radius 3 is 2.36 bits per heavy atom. The lowest BCUT2D eigenvalue weighted by Gasteiger charge is -2.15. The first kappa shape index (κ1) is 10.8. The summed E-state index contributed by atoms with van der Waals surface area (Å²) in [7, 11) is 4.74. The molecule has 0 fully saturated rings. The average molecular weight is 197 g/mol. The first-order chi connectivity index (χ1) is 6.72. The minimum atomic E-state index is -0.500. The zero-order valence-corrected chi connectivity index (χ0v) is 8.61. The molecule has 4 nitrogen and oxygen atoms in total. The summed E-state index contributed by atoms with van der Waals surface area (Å²) in [4.78, 5) is 0. The smallest absolute Gasteiger partial charge is 0.135 e. The second-order valence-corrected chi connectivity index (χ2v) is 2.76. The molecular formula is C10H15NO3. The molecule has 0 aliphatic rings. The highest BCUT2D eigenvalue weighted by molar-refractivity contribution is 5.41. The summed E-state index contributed by atoms with van der Waals surface area (Å²) < 4.78 is 15.3. The monoisotopic (exact) mass is 197 g/mol. The summed E-state index contributed by atoms with van der Waals surface area (Å²) in [6, 6.07) is 5.41. The van der Waals surface area contributed by atoms with E-state index >= 15 is 0 Å². The molecule has 0 amide bonds. The highest BCUT2D eigenvalue weighted by atomic mass is 16.5. The van der Waals surface area contributed by atoms with Crippen molar-refractivity contribution in [3.63, 3.8) is 0 Å². The van der Waals surface area contributed by atoms with Crippen molar-refractivity contribution in [2.75, 3.05) is 21.3 Å². The van der Waals surface area contributed by atoms with Crippen molar-refractivity contribution in [2.24, 2.45) is 5.73 Å². The molecule has 0 aliphatic carbocycles. The van der Waals surface area contributed by atoms with Crippen LogP contribution in [0, 0.1) is 0 Å². The Kier molecular flexibility index (Phi) is 3.73. The van der Waals surface area contributed by atoms with Gasteiger partial charge in [-0.05, 0) is 18.2 Å². The topological polar surface area (TPSA) is 53.7 Å². The van der Waals surface area contributed by atoms with Gasteiger partial charge in [0.2, 0.25) is 0 Å². The van der Waals surface area contributed by atoms with E-state index in [2.05, 4.69) is 0 Å². The van der Waals surface area contributed by atoms with Gasteiger partial charge >= 0.3 is 0 Å². The molecule has 0 radical (unpaired) electrons. The van der Waals surface area contributed by atoms with Crippen LogP contribution in [-0.2, 0) is 4.74 Å². The van der Waals surface area contributed by atoms with Crippen molar-refractivity contribution in [1.82, 2.24) is 0 Å². The van der Waals surface area contributed by atoms with Crippen LogP contribution >= 0.6 is 0 Å². The summed E-state index contributed by atoms with van der Waals surface area (Å²) in [5.74, 6) is 1.42. The molecule has 1 aromatic carbocycles. The quantitative estimate of drug-likeness (QED) is 0.739. The number of ether oxygens (including phenoxy) is 3. The highest BCUT2D eigenvalue weighted by Gasteiger charge is 2.11. The molecule has 1 rings (SSSR count). The highest BCUT2D eigenvalue weighted by Crippen LogP contribution is 2.28. The first-order valence-electron chi connectivity index (χ1n) is 4.23. The maximum atomic E-state index is 5.74. The van der Waals surface area contributed by atoms with Crippen LogP contribution in [0.4, 0.5) is 0 Å². The number of rotatable bonds is 4. The van der Waals surface area contributed by atoms with Crippen LogP contribution in [0.5, 0.6) is 11.5 Å². The molecule has 1 unspecified atom stereocenters. The van der Waals surface area contributed by atoms with Crippen LogP contribution < -0.4 is 15.2 Å². The van der Waals surface area contributed by atoms with Crippen molar-refractivity contribution in [3.8, 4) is 11.5 Å². The number of hydrogen-bond acceptors (Lipinski definition) is 4. The van der Waals surface area contributed by atoms with Gasteiger partial charge in [0.05, 0.1) is 14.2 Å². The third kappa shape index (κ3) is 2.16. The Balaban J connectivity index is 3.08. The van der Waals surface area contributed by atoms with Crippen LogP contribution in [0.1, 0.15) is 11.8 Å². The fourth-order valence-corrected chi connectivity index (χ4v) is 1.19. The standard InChI is InChI=1S/C10H15NO3/c1-12-7-4-5-9(13-2)8(6-7)10(11)14-3/h4-6,10H,11H2,1-3H3. The number of benzene rings is 1. The third-order valence-electron chi connectivity index (χ3n) is 2.00. The predicted octanol–water partition coefficient (Wildman–Crippen LogP) is 1.31.